The van der Waals surface area contributed by atoms with Gasteiger partial charge >= 0.3 is 5.97 Å². The highest BCUT2D eigenvalue weighted by molar-refractivity contribution is 9.11. The van der Waals surface area contributed by atoms with Crippen LogP contribution in [-0.4, -0.2) is 25.5 Å². The molecule has 0 amide bonds. The fourth-order valence-electron chi connectivity index (χ4n) is 3.22. The van der Waals surface area contributed by atoms with Crippen LogP contribution in [-0.2, 0) is 25.0 Å². The van der Waals surface area contributed by atoms with Crippen molar-refractivity contribution in [2.45, 2.75) is 54.9 Å². The first kappa shape index (κ1) is 20.5. The summed E-state index contributed by atoms with van der Waals surface area (Å²) in [5.41, 5.74) is -1.84. The molecule has 1 aliphatic carbocycles. The molecule has 27 heavy (non-hydrogen) atoms. The highest BCUT2D eigenvalue weighted by atomic mass is 79.9. The normalized spacial score (nSPS) is 25.2. The van der Waals surface area contributed by atoms with Crippen LogP contribution in [0.15, 0.2) is 50.5 Å². The van der Waals surface area contributed by atoms with Crippen molar-refractivity contribution >= 4 is 43.3 Å². The number of thiophene rings is 1. The molecule has 8 heteroatoms. The summed E-state index contributed by atoms with van der Waals surface area (Å²) in [6.45, 7) is 7.20. The summed E-state index contributed by atoms with van der Waals surface area (Å²) in [6.07, 6.45) is 0.338. The molecule has 1 aromatic heterocycles. The van der Waals surface area contributed by atoms with Gasteiger partial charge in [-0.25, -0.2) is 13.2 Å². The van der Waals surface area contributed by atoms with Gasteiger partial charge in [-0.1, -0.05) is 37.3 Å². The summed E-state index contributed by atoms with van der Waals surface area (Å²) in [5.74, 6) is -0.555. The van der Waals surface area contributed by atoms with Crippen LogP contribution in [0.4, 0.5) is 0 Å². The van der Waals surface area contributed by atoms with Gasteiger partial charge in [0.25, 0.3) is 10.0 Å². The number of nitrogens with one attached hydrogen (secondary N) is 1. The van der Waals surface area contributed by atoms with Crippen molar-refractivity contribution < 1.29 is 17.9 Å². The Morgan fingerprint density at radius 3 is 2.33 bits per heavy atom. The Morgan fingerprint density at radius 2 is 1.81 bits per heavy atom. The average molecular weight is 472 g/mol. The van der Waals surface area contributed by atoms with Crippen LogP contribution >= 0.6 is 27.3 Å². The SMILES string of the molecule is CC(C)(C)OC(=O)[C@]1(NS(=O)(=O)c2ccc(Br)s2)CC1(C)c1ccccc1. The molecule has 5 nitrogen and oxygen atoms in total. The Kier molecular flexibility index (Phi) is 5.08. The molecule has 1 aromatic carbocycles. The van der Waals surface area contributed by atoms with Crippen LogP contribution in [0.1, 0.15) is 39.7 Å². The smallest absolute Gasteiger partial charge is 0.328 e. The predicted molar refractivity (Wildman–Crippen MR) is 109 cm³/mol. The standard InChI is InChI=1S/C19H22BrNO4S2/c1-17(2,3)25-16(22)19(12-18(19,4)13-8-6-5-7-9-13)21-27(23,24)15-11-10-14(20)26-15/h5-11,21H,12H2,1-4H3/t18?,19-/m1/s1. The highest BCUT2D eigenvalue weighted by Crippen LogP contribution is 2.59. The quantitative estimate of drug-likeness (QED) is 0.662. The molecule has 1 fully saturated rings. The number of esters is 1. The fourth-order valence-corrected chi connectivity index (χ4v) is 6.68. The van der Waals surface area contributed by atoms with Gasteiger partial charge in [0.1, 0.15) is 15.3 Å². The number of benzene rings is 1. The van der Waals surface area contributed by atoms with Gasteiger partial charge < -0.3 is 4.74 Å². The van der Waals surface area contributed by atoms with Crippen LogP contribution in [0, 0.1) is 0 Å². The lowest BCUT2D eigenvalue weighted by Gasteiger charge is -2.27. The van der Waals surface area contributed by atoms with Gasteiger partial charge in [0.05, 0.1) is 3.79 Å². The van der Waals surface area contributed by atoms with Crippen LogP contribution in [0.2, 0.25) is 0 Å². The zero-order chi connectivity index (χ0) is 20.1. The number of hydrogen-bond donors (Lipinski definition) is 1. The maximum absolute atomic E-state index is 13.1. The number of ether oxygens (including phenoxy) is 1. The molecule has 0 spiro atoms. The third-order valence-electron chi connectivity index (χ3n) is 4.72. The Bertz CT molecular complexity index is 965. The molecule has 3 rings (SSSR count). The molecule has 0 aliphatic heterocycles. The van der Waals surface area contributed by atoms with Crippen molar-refractivity contribution in [1.82, 2.24) is 4.72 Å². The minimum Gasteiger partial charge on any atom is -0.459 e. The van der Waals surface area contributed by atoms with E-state index in [9.17, 15) is 13.2 Å². The van der Waals surface area contributed by atoms with Crippen LogP contribution < -0.4 is 4.72 Å². The molecule has 146 valence electrons. The Balaban J connectivity index is 2.01. The van der Waals surface area contributed by atoms with E-state index in [4.69, 9.17) is 4.74 Å². The summed E-state index contributed by atoms with van der Waals surface area (Å²) in [6, 6.07) is 12.6. The topological polar surface area (TPSA) is 72.5 Å². The number of halogens is 1. The lowest BCUT2D eigenvalue weighted by molar-refractivity contribution is -0.158. The average Bonchev–Trinajstić information content (AvgIpc) is 2.92. The molecular weight excluding hydrogens is 450 g/mol. The van der Waals surface area contributed by atoms with Gasteiger partial charge in [0.15, 0.2) is 0 Å². The second-order valence-electron chi connectivity index (χ2n) is 7.95. The van der Waals surface area contributed by atoms with Gasteiger partial charge in [-0.05, 0) is 60.8 Å². The van der Waals surface area contributed by atoms with Crippen LogP contribution in [0.5, 0.6) is 0 Å². The van der Waals surface area contributed by atoms with E-state index in [0.29, 0.717) is 10.2 Å². The largest absolute Gasteiger partial charge is 0.459 e. The molecule has 1 saturated carbocycles. The summed E-state index contributed by atoms with van der Waals surface area (Å²) in [4.78, 5) is 13.1. The van der Waals surface area contributed by atoms with Crippen molar-refractivity contribution in [2.75, 3.05) is 0 Å². The van der Waals surface area contributed by atoms with Crippen molar-refractivity contribution in [1.29, 1.82) is 0 Å². The Morgan fingerprint density at radius 1 is 1.19 bits per heavy atom. The zero-order valence-corrected chi connectivity index (χ0v) is 18.8. The van der Waals surface area contributed by atoms with Gasteiger partial charge in [-0.2, -0.15) is 4.72 Å². The third kappa shape index (κ3) is 3.85. The highest BCUT2D eigenvalue weighted by Gasteiger charge is 2.73. The Hall–Kier alpha value is -1.22. The van der Waals surface area contributed by atoms with Gasteiger partial charge in [0.2, 0.25) is 0 Å². The van der Waals surface area contributed by atoms with Crippen molar-refractivity contribution in [3.8, 4) is 0 Å². The van der Waals surface area contributed by atoms with Crippen LogP contribution in [0.3, 0.4) is 0 Å². The van der Waals surface area contributed by atoms with E-state index in [-0.39, 0.29) is 4.21 Å². The molecule has 0 radical (unpaired) electrons. The first-order valence-electron chi connectivity index (χ1n) is 8.48. The van der Waals surface area contributed by atoms with Gasteiger partial charge in [-0.3, -0.25) is 0 Å². The van der Waals surface area contributed by atoms with E-state index in [1.165, 1.54) is 6.07 Å². The summed E-state index contributed by atoms with van der Waals surface area (Å²) in [5, 5.41) is 0. The molecule has 1 heterocycles. The molecule has 1 unspecified atom stereocenters. The minimum atomic E-state index is -3.88. The Labute approximate surface area is 172 Å². The second-order valence-corrected chi connectivity index (χ2v) is 12.3. The van der Waals surface area contributed by atoms with Crippen molar-refractivity contribution in [2.24, 2.45) is 0 Å². The lowest BCUT2D eigenvalue weighted by atomic mass is 9.93. The van der Waals surface area contributed by atoms with E-state index in [0.717, 1.165) is 16.9 Å². The molecule has 0 saturated heterocycles. The number of sulfonamides is 1. The lowest BCUT2D eigenvalue weighted by Crippen LogP contribution is -2.50. The van der Waals surface area contributed by atoms with Crippen LogP contribution in [0.25, 0.3) is 0 Å². The number of rotatable bonds is 5. The number of carbonyl (C=O) groups is 1. The number of carbonyl (C=O) groups excluding carboxylic acids is 1. The van der Waals surface area contributed by atoms with Crippen molar-refractivity contribution in [3.63, 3.8) is 0 Å². The van der Waals surface area contributed by atoms with Gasteiger partial charge in [-0.15, -0.1) is 11.3 Å². The molecule has 1 aliphatic rings. The van der Waals surface area contributed by atoms with E-state index in [1.807, 2.05) is 37.3 Å². The maximum Gasteiger partial charge on any atom is 0.328 e. The molecule has 0 bridgehead atoms. The zero-order valence-electron chi connectivity index (χ0n) is 15.6. The minimum absolute atomic E-state index is 0.152. The summed E-state index contributed by atoms with van der Waals surface area (Å²) in [7, 11) is -3.88. The van der Waals surface area contributed by atoms with E-state index >= 15 is 0 Å². The summed E-state index contributed by atoms with van der Waals surface area (Å²) >= 11 is 4.38. The van der Waals surface area contributed by atoms with E-state index in [2.05, 4.69) is 20.7 Å². The first-order valence-corrected chi connectivity index (χ1v) is 11.6. The second kappa shape index (κ2) is 6.69. The van der Waals surface area contributed by atoms with E-state index in [1.54, 1.807) is 26.8 Å². The van der Waals surface area contributed by atoms with E-state index < -0.39 is 32.5 Å². The fraction of sp³-hybridized carbons (Fsp3) is 0.421. The predicted octanol–water partition coefficient (Wildman–Crippen LogP) is 4.23. The molecular formula is C19H22BrNO4S2. The molecule has 2 atom stereocenters. The maximum atomic E-state index is 13.1. The molecule has 1 N–H and O–H groups in total. The van der Waals surface area contributed by atoms with Crippen molar-refractivity contribution in [3.05, 3.63) is 51.8 Å². The van der Waals surface area contributed by atoms with Gasteiger partial charge in [0, 0.05) is 5.41 Å². The number of hydrogen-bond acceptors (Lipinski definition) is 5. The molecule has 2 aromatic rings. The monoisotopic (exact) mass is 471 g/mol. The summed E-state index contributed by atoms with van der Waals surface area (Å²) < 4.78 is 35.0. The first-order chi connectivity index (χ1) is 12.4. The third-order valence-corrected chi connectivity index (χ3v) is 8.33.